The summed E-state index contributed by atoms with van der Waals surface area (Å²) in [5, 5.41) is 0. The maximum atomic E-state index is 2.89. The Labute approximate surface area is 150 Å². The van der Waals surface area contributed by atoms with Gasteiger partial charge in [0.25, 0.3) is 0 Å². The van der Waals surface area contributed by atoms with Gasteiger partial charge in [-0.1, -0.05) is 27.7 Å². The van der Waals surface area contributed by atoms with Crippen LogP contribution in [0.2, 0.25) is 0 Å². The number of hydrogen-bond acceptors (Lipinski definition) is 0. The average Bonchev–Trinajstić information content (AvgIpc) is 2.49. The Morgan fingerprint density at radius 3 is 1.21 bits per heavy atom. The molecule has 4 heteroatoms. The second-order valence-electron chi connectivity index (χ2n) is 3.84. The number of aryl methyl sites for hydroxylation is 2. The Morgan fingerprint density at radius 2 is 1.11 bits per heavy atom. The van der Waals surface area contributed by atoms with E-state index in [9.17, 15) is 0 Å². The van der Waals surface area contributed by atoms with E-state index in [-0.39, 0.29) is 58.9 Å². The quantitative estimate of drug-likeness (QED) is 0.330. The van der Waals surface area contributed by atoms with Crippen molar-refractivity contribution in [3.05, 3.63) is 64.7 Å². The summed E-state index contributed by atoms with van der Waals surface area (Å²) in [7, 11) is 0. The molecule has 2 rings (SSSR count). The smallest absolute Gasteiger partial charge is 1.00 e. The van der Waals surface area contributed by atoms with Gasteiger partial charge in [-0.25, -0.2) is 0 Å². The van der Waals surface area contributed by atoms with Crippen LogP contribution in [0.5, 0.6) is 0 Å². The molecule has 0 atom stereocenters. The molecule has 0 amide bonds. The summed E-state index contributed by atoms with van der Waals surface area (Å²) in [5.41, 5.74) is 5.75. The van der Waals surface area contributed by atoms with E-state index in [4.69, 9.17) is 0 Å². The Morgan fingerprint density at radius 1 is 0.737 bits per heavy atom. The zero-order valence-electron chi connectivity index (χ0n) is 11.6. The van der Waals surface area contributed by atoms with Crippen molar-refractivity contribution in [1.82, 2.24) is 0 Å². The van der Waals surface area contributed by atoms with Crippen LogP contribution in [0.1, 0.15) is 22.3 Å². The van der Waals surface area contributed by atoms with Gasteiger partial charge in [0.2, 0.25) is 0 Å². The molecule has 0 N–H and O–H groups in total. The number of halogens is 3. The van der Waals surface area contributed by atoms with Crippen molar-refractivity contribution in [3.8, 4) is 0 Å². The molecule has 0 fully saturated rings. The minimum atomic E-state index is 0. The van der Waals surface area contributed by atoms with Crippen LogP contribution in [0.25, 0.3) is 0 Å². The van der Waals surface area contributed by atoms with Gasteiger partial charge in [0.1, 0.15) is 0 Å². The Hall–Kier alpha value is 0.154. The Balaban J connectivity index is -0.000000102. The summed E-state index contributed by atoms with van der Waals surface area (Å²) >= 11 is 0. The molecule has 0 spiro atoms. The topological polar surface area (TPSA) is 0 Å². The first-order chi connectivity index (χ1) is 7.13. The zero-order valence-corrected chi connectivity index (χ0v) is 15.4. The van der Waals surface area contributed by atoms with Crippen LogP contribution in [0, 0.1) is 33.8 Å². The molecule has 0 aliphatic carbocycles. The molecule has 19 heavy (non-hydrogen) atoms. The summed E-state index contributed by atoms with van der Waals surface area (Å²) in [4.78, 5) is 0. The summed E-state index contributed by atoms with van der Waals surface area (Å²) in [5.74, 6) is 0. The van der Waals surface area contributed by atoms with Gasteiger partial charge in [0, 0.05) is 0 Å². The predicted molar refractivity (Wildman–Crippen MR) is 66.3 cm³/mol. The first-order valence-corrected chi connectivity index (χ1v) is 5.24. The molecule has 2 aromatic carbocycles. The average molecular weight is 353 g/mol. The second-order valence-corrected chi connectivity index (χ2v) is 3.84. The van der Waals surface area contributed by atoms with Gasteiger partial charge in [-0.3, -0.25) is 0 Å². The van der Waals surface area contributed by atoms with E-state index in [1.165, 1.54) is 22.3 Å². The van der Waals surface area contributed by atoms with E-state index in [2.05, 4.69) is 39.8 Å². The van der Waals surface area contributed by atoms with Crippen molar-refractivity contribution in [2.24, 2.45) is 0 Å². The normalized spacial score (nSPS) is 7.37. The molecule has 0 heterocycles. The molecule has 0 saturated carbocycles. The van der Waals surface area contributed by atoms with Crippen LogP contribution in [0.4, 0.5) is 0 Å². The molecule has 2 aromatic rings. The standard InChI is InChI=1S/C9H13.C6H5.3ClH.Ti/c1-6-5-7(2)9(4)8(6)3;1-2-4-6-5-3-1;;;;/h5H,1-4H3;1-5H;3*1H;/q2*-1;;;;+3/p-3. The molecule has 0 aromatic heterocycles. The van der Waals surface area contributed by atoms with E-state index in [0.29, 0.717) is 0 Å². The third-order valence-corrected chi connectivity index (χ3v) is 2.79. The van der Waals surface area contributed by atoms with Gasteiger partial charge in [0.15, 0.2) is 0 Å². The van der Waals surface area contributed by atoms with Gasteiger partial charge in [0.05, 0.1) is 0 Å². The summed E-state index contributed by atoms with van der Waals surface area (Å²) in [6, 6.07) is 14.7. The maximum Gasteiger partial charge on any atom is 3.00 e. The molecular formula is C15H18Cl3Ti-2. The second kappa shape index (κ2) is 14.6. The van der Waals surface area contributed by atoms with Crippen LogP contribution in [0.15, 0.2) is 36.4 Å². The minimum Gasteiger partial charge on any atom is -1.00 e. The van der Waals surface area contributed by atoms with E-state index >= 15 is 0 Å². The molecule has 1 radical (unpaired) electrons. The molecule has 0 aliphatic heterocycles. The van der Waals surface area contributed by atoms with Gasteiger partial charge in [-0.05, 0) is 0 Å². The van der Waals surface area contributed by atoms with E-state index in [1.807, 2.05) is 30.3 Å². The number of rotatable bonds is 0. The number of hydrogen-bond donors (Lipinski definition) is 0. The fraction of sp³-hybridized carbons (Fsp3) is 0.267. The Bertz CT molecular complexity index is 362. The van der Waals surface area contributed by atoms with Crippen molar-refractivity contribution >= 4 is 0 Å². The molecule has 105 valence electrons. The number of benzene rings is 1. The fourth-order valence-electron chi connectivity index (χ4n) is 1.47. The predicted octanol–water partition coefficient (Wildman–Crippen LogP) is -4.86. The van der Waals surface area contributed by atoms with E-state index in [0.717, 1.165) is 0 Å². The molecule has 0 nitrogen and oxygen atoms in total. The minimum absolute atomic E-state index is 0. The van der Waals surface area contributed by atoms with Crippen molar-refractivity contribution in [2.75, 3.05) is 0 Å². The van der Waals surface area contributed by atoms with Crippen molar-refractivity contribution < 1.29 is 58.9 Å². The SMILES string of the molecule is Cc1[cH-]c(C)c(C)c1C.[Cl-].[Cl-].[Cl-].[Ti+3].[c-]1ccccc1. The monoisotopic (exact) mass is 351 g/mol. The fourth-order valence-corrected chi connectivity index (χ4v) is 1.47. The Kier molecular flexibility index (Phi) is 21.1. The zero-order chi connectivity index (χ0) is 11.3. The van der Waals surface area contributed by atoms with E-state index in [1.54, 1.807) is 0 Å². The summed E-state index contributed by atoms with van der Waals surface area (Å²) in [6.07, 6.45) is 0. The molecule has 0 saturated heterocycles. The molecular weight excluding hydrogens is 334 g/mol. The van der Waals surface area contributed by atoms with Crippen LogP contribution in [0.3, 0.4) is 0 Å². The van der Waals surface area contributed by atoms with Crippen LogP contribution in [-0.2, 0) is 21.7 Å². The van der Waals surface area contributed by atoms with E-state index < -0.39 is 0 Å². The van der Waals surface area contributed by atoms with Gasteiger partial charge in [-0.15, -0.1) is 0 Å². The third-order valence-electron chi connectivity index (χ3n) is 2.79. The van der Waals surface area contributed by atoms with Crippen LogP contribution in [-0.4, -0.2) is 0 Å². The van der Waals surface area contributed by atoms with Crippen molar-refractivity contribution in [3.63, 3.8) is 0 Å². The van der Waals surface area contributed by atoms with Gasteiger partial charge < -0.3 is 37.2 Å². The first-order valence-electron chi connectivity index (χ1n) is 5.24. The van der Waals surface area contributed by atoms with Gasteiger partial charge in [-0.2, -0.15) is 64.7 Å². The van der Waals surface area contributed by atoms with Crippen LogP contribution < -0.4 is 37.2 Å². The molecule has 0 bridgehead atoms. The third kappa shape index (κ3) is 9.65. The van der Waals surface area contributed by atoms with Crippen molar-refractivity contribution in [1.29, 1.82) is 0 Å². The largest absolute Gasteiger partial charge is 3.00 e. The molecule has 0 unspecified atom stereocenters. The summed E-state index contributed by atoms with van der Waals surface area (Å²) in [6.45, 7) is 8.68. The molecule has 0 aliphatic rings. The first kappa shape index (κ1) is 27.5. The van der Waals surface area contributed by atoms with Gasteiger partial charge >= 0.3 is 21.7 Å². The maximum absolute atomic E-state index is 2.89. The van der Waals surface area contributed by atoms with Crippen molar-refractivity contribution in [2.45, 2.75) is 27.7 Å². The summed E-state index contributed by atoms with van der Waals surface area (Å²) < 4.78 is 0. The van der Waals surface area contributed by atoms with Crippen LogP contribution >= 0.6 is 0 Å².